The molecule has 2 aromatic carbocycles. The molecule has 0 unspecified atom stereocenters. The highest BCUT2D eigenvalue weighted by Gasteiger charge is 2.09. The molecule has 23 heavy (non-hydrogen) atoms. The smallest absolute Gasteiger partial charge is 0.266 e. The molecule has 0 atom stereocenters. The minimum Gasteiger partial charge on any atom is -0.479 e. The van der Waals surface area contributed by atoms with Gasteiger partial charge in [-0.05, 0) is 35.9 Å². The highest BCUT2D eigenvalue weighted by Crippen LogP contribution is 2.15. The average molecular weight is 303 g/mol. The Bertz CT molecular complexity index is 782. The van der Waals surface area contributed by atoms with Gasteiger partial charge in [-0.1, -0.05) is 30.3 Å². The number of nitrogens with one attached hydrogen (secondary N) is 1. The number of ether oxygens (including phenoxy) is 1. The van der Waals surface area contributed by atoms with Crippen molar-refractivity contribution in [3.8, 4) is 17.9 Å². The molecule has 1 N–H and O–H groups in total. The van der Waals surface area contributed by atoms with Crippen molar-refractivity contribution in [2.75, 3.05) is 11.9 Å². The largest absolute Gasteiger partial charge is 0.479 e. The number of anilines is 1. The van der Waals surface area contributed by atoms with Gasteiger partial charge in [-0.3, -0.25) is 4.79 Å². The molecule has 0 radical (unpaired) electrons. The Hall–Kier alpha value is -3.57. The Morgan fingerprint density at radius 2 is 1.78 bits per heavy atom. The van der Waals surface area contributed by atoms with E-state index in [0.717, 1.165) is 0 Å². The van der Waals surface area contributed by atoms with E-state index in [1.54, 1.807) is 48.5 Å². The van der Waals surface area contributed by atoms with Gasteiger partial charge in [0.25, 0.3) is 5.91 Å². The highest BCUT2D eigenvalue weighted by molar-refractivity contribution is 6.09. The van der Waals surface area contributed by atoms with Crippen LogP contribution in [0.25, 0.3) is 6.08 Å². The van der Waals surface area contributed by atoms with Gasteiger partial charge in [0.2, 0.25) is 0 Å². The maximum atomic E-state index is 12.1. The maximum absolute atomic E-state index is 12.1. The Balaban J connectivity index is 2.10. The Labute approximate surface area is 134 Å². The summed E-state index contributed by atoms with van der Waals surface area (Å²) in [4.78, 5) is 12.1. The lowest BCUT2D eigenvalue weighted by Gasteiger charge is -2.04. The van der Waals surface area contributed by atoms with Gasteiger partial charge in [-0.2, -0.15) is 10.5 Å². The van der Waals surface area contributed by atoms with Gasteiger partial charge in [0.1, 0.15) is 23.5 Å². The third-order valence-corrected chi connectivity index (χ3v) is 2.89. The van der Waals surface area contributed by atoms with E-state index < -0.39 is 5.91 Å². The molecule has 0 spiro atoms. The maximum Gasteiger partial charge on any atom is 0.266 e. The van der Waals surface area contributed by atoms with Crippen molar-refractivity contribution in [3.63, 3.8) is 0 Å². The second kappa shape index (κ2) is 8.02. The number of benzene rings is 2. The van der Waals surface area contributed by atoms with E-state index in [9.17, 15) is 4.79 Å². The molecule has 2 aromatic rings. The van der Waals surface area contributed by atoms with Crippen molar-refractivity contribution in [2.45, 2.75) is 0 Å². The van der Waals surface area contributed by atoms with Crippen LogP contribution in [-0.2, 0) is 4.79 Å². The predicted molar refractivity (Wildman–Crippen MR) is 86.2 cm³/mol. The second-order valence-corrected chi connectivity index (χ2v) is 4.51. The first kappa shape index (κ1) is 15.8. The van der Waals surface area contributed by atoms with Gasteiger partial charge in [0.05, 0.1) is 0 Å². The van der Waals surface area contributed by atoms with Crippen LogP contribution in [0.1, 0.15) is 5.56 Å². The van der Waals surface area contributed by atoms with Crippen molar-refractivity contribution in [2.24, 2.45) is 0 Å². The number of carbonyl (C=O) groups is 1. The van der Waals surface area contributed by atoms with Crippen molar-refractivity contribution >= 4 is 17.7 Å². The molecule has 1 amide bonds. The summed E-state index contributed by atoms with van der Waals surface area (Å²) in [6.07, 6.45) is 1.49. The molecule has 0 aromatic heterocycles. The number of carbonyl (C=O) groups excluding carboxylic acids is 1. The van der Waals surface area contributed by atoms with E-state index in [4.69, 9.17) is 15.3 Å². The molecule has 0 saturated carbocycles. The van der Waals surface area contributed by atoms with Crippen LogP contribution in [0.4, 0.5) is 5.69 Å². The minimum atomic E-state index is -0.469. The zero-order chi connectivity index (χ0) is 16.5. The molecule has 0 fully saturated rings. The van der Waals surface area contributed by atoms with Crippen LogP contribution in [0.2, 0.25) is 0 Å². The van der Waals surface area contributed by atoms with Crippen LogP contribution in [0, 0.1) is 22.7 Å². The van der Waals surface area contributed by atoms with Gasteiger partial charge < -0.3 is 10.1 Å². The normalized spacial score (nSPS) is 10.3. The molecule has 2 rings (SSSR count). The van der Waals surface area contributed by atoms with Crippen LogP contribution >= 0.6 is 0 Å². The molecule has 0 heterocycles. The van der Waals surface area contributed by atoms with E-state index in [0.29, 0.717) is 17.0 Å². The summed E-state index contributed by atoms with van der Waals surface area (Å²) in [6.45, 7) is -0.0296. The van der Waals surface area contributed by atoms with E-state index >= 15 is 0 Å². The fourth-order valence-corrected chi connectivity index (χ4v) is 1.81. The summed E-state index contributed by atoms with van der Waals surface area (Å²) in [7, 11) is 0. The summed E-state index contributed by atoms with van der Waals surface area (Å²) < 4.78 is 5.14. The first-order valence-electron chi connectivity index (χ1n) is 6.81. The van der Waals surface area contributed by atoms with Gasteiger partial charge in [0.15, 0.2) is 6.61 Å². The van der Waals surface area contributed by atoms with Crippen molar-refractivity contribution in [1.29, 1.82) is 10.5 Å². The zero-order valence-corrected chi connectivity index (χ0v) is 12.2. The Morgan fingerprint density at radius 1 is 1.09 bits per heavy atom. The molecule has 0 aliphatic heterocycles. The monoisotopic (exact) mass is 303 g/mol. The van der Waals surface area contributed by atoms with E-state index in [-0.39, 0.29) is 12.2 Å². The number of nitriles is 2. The van der Waals surface area contributed by atoms with Gasteiger partial charge in [-0.15, -0.1) is 0 Å². The predicted octanol–water partition coefficient (Wildman–Crippen LogP) is 3.13. The van der Waals surface area contributed by atoms with Crippen LogP contribution in [0.5, 0.6) is 5.75 Å². The molecule has 0 aliphatic carbocycles. The first-order valence-corrected chi connectivity index (χ1v) is 6.81. The minimum absolute atomic E-state index is 0.000420. The number of para-hydroxylation sites is 1. The number of hydrogen-bond donors (Lipinski definition) is 1. The van der Waals surface area contributed by atoms with Crippen molar-refractivity contribution in [3.05, 3.63) is 65.7 Å². The Morgan fingerprint density at radius 3 is 2.39 bits per heavy atom. The molecule has 112 valence electrons. The molecule has 5 heteroatoms. The molecular weight excluding hydrogens is 290 g/mol. The van der Waals surface area contributed by atoms with E-state index in [1.165, 1.54) is 6.08 Å². The Kier molecular flexibility index (Phi) is 5.51. The fourth-order valence-electron chi connectivity index (χ4n) is 1.81. The topological polar surface area (TPSA) is 85.9 Å². The van der Waals surface area contributed by atoms with Gasteiger partial charge >= 0.3 is 0 Å². The summed E-state index contributed by atoms with van der Waals surface area (Å²) in [5, 5.41) is 20.3. The van der Waals surface area contributed by atoms with Crippen LogP contribution < -0.4 is 10.1 Å². The fraction of sp³-hybridized carbons (Fsp3) is 0.0556. The molecule has 5 nitrogen and oxygen atoms in total. The lowest BCUT2D eigenvalue weighted by Crippen LogP contribution is -2.13. The second-order valence-electron chi connectivity index (χ2n) is 4.51. The van der Waals surface area contributed by atoms with Crippen LogP contribution in [0.3, 0.4) is 0 Å². The summed E-state index contributed by atoms with van der Waals surface area (Å²) in [6, 6.07) is 19.5. The van der Waals surface area contributed by atoms with Crippen LogP contribution in [0.15, 0.2) is 60.2 Å². The molecule has 0 saturated heterocycles. The molecule has 0 bridgehead atoms. The first-order chi connectivity index (χ1) is 11.2. The standard InChI is InChI=1S/C18H13N3O2/c19-10-11-23-17-8-6-14(7-9-17)12-15(13-20)18(22)21-16-4-2-1-3-5-16/h1-9,12H,11H2,(H,21,22)/b15-12-. The van der Waals surface area contributed by atoms with E-state index in [2.05, 4.69) is 5.32 Å². The quantitative estimate of drug-likeness (QED) is 0.679. The van der Waals surface area contributed by atoms with Crippen LogP contribution in [-0.4, -0.2) is 12.5 Å². The van der Waals surface area contributed by atoms with E-state index in [1.807, 2.05) is 18.2 Å². The third kappa shape index (κ3) is 4.73. The average Bonchev–Trinajstić information content (AvgIpc) is 2.59. The SMILES string of the molecule is N#CCOc1ccc(/C=C(/C#N)C(=O)Nc2ccccc2)cc1. The zero-order valence-electron chi connectivity index (χ0n) is 12.2. The number of rotatable bonds is 5. The summed E-state index contributed by atoms with van der Waals surface area (Å²) >= 11 is 0. The summed E-state index contributed by atoms with van der Waals surface area (Å²) in [5.41, 5.74) is 1.31. The highest BCUT2D eigenvalue weighted by atomic mass is 16.5. The molecule has 0 aliphatic rings. The lowest BCUT2D eigenvalue weighted by atomic mass is 10.1. The third-order valence-electron chi connectivity index (χ3n) is 2.89. The van der Waals surface area contributed by atoms with Gasteiger partial charge in [0, 0.05) is 5.69 Å². The van der Waals surface area contributed by atoms with Gasteiger partial charge in [-0.25, -0.2) is 0 Å². The number of hydrogen-bond acceptors (Lipinski definition) is 4. The lowest BCUT2D eigenvalue weighted by molar-refractivity contribution is -0.112. The number of amides is 1. The summed E-state index contributed by atoms with van der Waals surface area (Å²) in [5.74, 6) is 0.0828. The molecular formula is C18H13N3O2. The van der Waals surface area contributed by atoms with Crippen molar-refractivity contribution in [1.82, 2.24) is 0 Å². The van der Waals surface area contributed by atoms with Crippen molar-refractivity contribution < 1.29 is 9.53 Å². The number of nitrogens with zero attached hydrogens (tertiary/aromatic N) is 2.